The van der Waals surface area contributed by atoms with Crippen LogP contribution in [0.1, 0.15) is 42.0 Å². The second kappa shape index (κ2) is 12.9. The van der Waals surface area contributed by atoms with Gasteiger partial charge in [-0.15, -0.1) is 0 Å². The molecule has 0 spiro atoms. The van der Waals surface area contributed by atoms with E-state index in [9.17, 15) is 9.59 Å². The Balaban J connectivity index is 1.45. The van der Waals surface area contributed by atoms with Crippen molar-refractivity contribution in [3.8, 4) is 17.2 Å². The predicted octanol–water partition coefficient (Wildman–Crippen LogP) is 8.24. The SMILES string of the molecule is COc1cc(/C=C2\SC(=O)N(CCOc3cc(C)ccc3C(C)C)C2=O)cc(Br)c1OCc1ccccc1Cl. The fraction of sp³-hybridized carbons (Fsp3) is 0.267. The molecule has 39 heavy (non-hydrogen) atoms. The first-order valence-electron chi connectivity index (χ1n) is 12.4. The second-order valence-electron chi connectivity index (χ2n) is 9.29. The van der Waals surface area contributed by atoms with Gasteiger partial charge in [-0.1, -0.05) is 55.8 Å². The summed E-state index contributed by atoms with van der Waals surface area (Å²) in [5, 5.41) is 0.290. The van der Waals surface area contributed by atoms with E-state index >= 15 is 0 Å². The minimum Gasteiger partial charge on any atom is -0.493 e. The largest absolute Gasteiger partial charge is 0.493 e. The Morgan fingerprint density at radius 1 is 1.05 bits per heavy atom. The molecule has 4 rings (SSSR count). The Morgan fingerprint density at radius 3 is 2.54 bits per heavy atom. The third-order valence-electron chi connectivity index (χ3n) is 6.12. The summed E-state index contributed by atoms with van der Waals surface area (Å²) in [6, 6.07) is 17.1. The lowest BCUT2D eigenvalue weighted by Crippen LogP contribution is -2.32. The van der Waals surface area contributed by atoms with Crippen molar-refractivity contribution in [2.24, 2.45) is 0 Å². The maximum atomic E-state index is 13.1. The maximum absolute atomic E-state index is 13.1. The van der Waals surface area contributed by atoms with Crippen LogP contribution in [0.3, 0.4) is 0 Å². The number of benzene rings is 3. The highest BCUT2D eigenvalue weighted by Crippen LogP contribution is 2.40. The molecule has 0 radical (unpaired) electrons. The van der Waals surface area contributed by atoms with Gasteiger partial charge in [0, 0.05) is 10.6 Å². The van der Waals surface area contributed by atoms with Gasteiger partial charge < -0.3 is 14.2 Å². The monoisotopic (exact) mass is 629 g/mol. The summed E-state index contributed by atoms with van der Waals surface area (Å²) < 4.78 is 18.2. The molecule has 1 aliphatic rings. The molecule has 3 aromatic carbocycles. The predicted molar refractivity (Wildman–Crippen MR) is 160 cm³/mol. The molecule has 0 aliphatic carbocycles. The number of thioether (sulfide) groups is 1. The molecule has 6 nitrogen and oxygen atoms in total. The highest BCUT2D eigenvalue weighted by Gasteiger charge is 2.35. The standard InChI is InChI=1S/C30H29BrClNO5S/c1-18(2)22-10-9-19(3)13-25(22)37-12-11-33-29(34)27(39-30(33)35)16-20-14-23(31)28(26(15-20)36-4)38-17-21-7-5-6-8-24(21)32/h5-10,13-16,18H,11-12,17H2,1-4H3/b27-16-. The number of aryl methyl sites for hydroxylation is 1. The maximum Gasteiger partial charge on any atom is 0.293 e. The fourth-order valence-electron chi connectivity index (χ4n) is 4.06. The molecule has 1 heterocycles. The van der Waals surface area contributed by atoms with Gasteiger partial charge in [0.2, 0.25) is 0 Å². The lowest BCUT2D eigenvalue weighted by atomic mass is 10.0. The van der Waals surface area contributed by atoms with Crippen LogP contribution in [-0.4, -0.2) is 36.3 Å². The summed E-state index contributed by atoms with van der Waals surface area (Å²) in [6.07, 6.45) is 1.67. The van der Waals surface area contributed by atoms with E-state index in [1.807, 2.05) is 43.3 Å². The van der Waals surface area contributed by atoms with Gasteiger partial charge in [0.25, 0.3) is 11.1 Å². The molecule has 204 valence electrons. The molecule has 2 amide bonds. The molecular formula is C30H29BrClNO5S. The summed E-state index contributed by atoms with van der Waals surface area (Å²) in [5.74, 6) is 1.72. The van der Waals surface area contributed by atoms with Crippen molar-refractivity contribution in [2.45, 2.75) is 33.3 Å². The summed E-state index contributed by atoms with van der Waals surface area (Å²) >= 11 is 10.7. The van der Waals surface area contributed by atoms with Crippen molar-refractivity contribution in [3.63, 3.8) is 0 Å². The Bertz CT molecular complexity index is 1420. The number of carbonyl (C=O) groups is 2. The fourth-order valence-corrected chi connectivity index (χ4v) is 5.69. The molecule has 0 unspecified atom stereocenters. The lowest BCUT2D eigenvalue weighted by Gasteiger charge is -2.17. The average Bonchev–Trinajstić information content (AvgIpc) is 3.15. The number of ether oxygens (including phenoxy) is 3. The Hall–Kier alpha value is -2.94. The van der Waals surface area contributed by atoms with Crippen molar-refractivity contribution >= 4 is 56.5 Å². The Morgan fingerprint density at radius 2 is 1.82 bits per heavy atom. The quantitative estimate of drug-likeness (QED) is 0.210. The first-order valence-corrected chi connectivity index (χ1v) is 14.4. The van der Waals surface area contributed by atoms with Crippen LogP contribution in [0.4, 0.5) is 4.79 Å². The number of rotatable bonds is 10. The number of imide groups is 1. The number of methoxy groups -OCH3 is 1. The van der Waals surface area contributed by atoms with Gasteiger partial charge in [-0.3, -0.25) is 14.5 Å². The van der Waals surface area contributed by atoms with E-state index in [1.165, 1.54) is 4.90 Å². The molecule has 3 aromatic rings. The highest BCUT2D eigenvalue weighted by atomic mass is 79.9. The molecular weight excluding hydrogens is 602 g/mol. The van der Waals surface area contributed by atoms with E-state index < -0.39 is 0 Å². The highest BCUT2D eigenvalue weighted by molar-refractivity contribution is 9.10. The van der Waals surface area contributed by atoms with Gasteiger partial charge in [0.15, 0.2) is 11.5 Å². The van der Waals surface area contributed by atoms with Crippen LogP contribution in [0.2, 0.25) is 5.02 Å². The molecule has 0 saturated carbocycles. The van der Waals surface area contributed by atoms with Crippen LogP contribution < -0.4 is 14.2 Å². The van der Waals surface area contributed by atoms with Crippen LogP contribution >= 0.6 is 39.3 Å². The lowest BCUT2D eigenvalue weighted by molar-refractivity contribution is -0.123. The van der Waals surface area contributed by atoms with E-state index in [-0.39, 0.29) is 30.9 Å². The van der Waals surface area contributed by atoms with Crippen molar-refractivity contribution in [2.75, 3.05) is 20.3 Å². The summed E-state index contributed by atoms with van der Waals surface area (Å²) in [7, 11) is 1.54. The van der Waals surface area contributed by atoms with Gasteiger partial charge in [0.05, 0.1) is 23.0 Å². The zero-order valence-electron chi connectivity index (χ0n) is 22.1. The zero-order chi connectivity index (χ0) is 28.1. The summed E-state index contributed by atoms with van der Waals surface area (Å²) in [6.45, 7) is 6.84. The van der Waals surface area contributed by atoms with Crippen molar-refractivity contribution in [3.05, 3.63) is 91.3 Å². The van der Waals surface area contributed by atoms with Crippen LogP contribution in [0.5, 0.6) is 17.2 Å². The van der Waals surface area contributed by atoms with Crippen molar-refractivity contribution in [1.82, 2.24) is 4.90 Å². The number of amides is 2. The number of hydrogen-bond donors (Lipinski definition) is 0. The number of carbonyl (C=O) groups excluding carboxylic acids is 2. The number of hydrogen-bond acceptors (Lipinski definition) is 6. The second-order valence-corrected chi connectivity index (χ2v) is 11.5. The first kappa shape index (κ1) is 29.1. The minimum absolute atomic E-state index is 0.162. The molecule has 9 heteroatoms. The summed E-state index contributed by atoms with van der Waals surface area (Å²) in [5.41, 5.74) is 3.71. The smallest absolute Gasteiger partial charge is 0.293 e. The van der Waals surface area contributed by atoms with Crippen molar-refractivity contribution < 1.29 is 23.8 Å². The average molecular weight is 631 g/mol. The molecule has 0 bridgehead atoms. The third kappa shape index (κ3) is 6.99. The van der Waals surface area contributed by atoms with Gasteiger partial charge in [-0.25, -0.2) is 0 Å². The molecule has 1 aliphatic heterocycles. The van der Waals surface area contributed by atoms with Gasteiger partial charge in [0.1, 0.15) is 19.0 Å². The number of halogens is 2. The van der Waals surface area contributed by atoms with E-state index in [1.54, 1.807) is 25.3 Å². The van der Waals surface area contributed by atoms with E-state index in [0.29, 0.717) is 37.4 Å². The summed E-state index contributed by atoms with van der Waals surface area (Å²) in [4.78, 5) is 27.3. The van der Waals surface area contributed by atoms with Crippen LogP contribution in [0.15, 0.2) is 64.0 Å². The molecule has 0 aromatic heterocycles. The molecule has 0 atom stereocenters. The first-order chi connectivity index (χ1) is 18.7. The number of nitrogens with zero attached hydrogens (tertiary/aromatic N) is 1. The molecule has 1 saturated heterocycles. The van der Waals surface area contributed by atoms with Gasteiger partial charge in [-0.05, 0) is 87.6 Å². The van der Waals surface area contributed by atoms with Crippen molar-refractivity contribution in [1.29, 1.82) is 0 Å². The minimum atomic E-state index is -0.351. The zero-order valence-corrected chi connectivity index (χ0v) is 25.3. The van der Waals surface area contributed by atoms with Crippen LogP contribution in [-0.2, 0) is 11.4 Å². The van der Waals surface area contributed by atoms with E-state index in [0.717, 1.165) is 34.2 Å². The normalized spacial score (nSPS) is 14.4. The molecule has 1 fully saturated rings. The van der Waals surface area contributed by atoms with E-state index in [4.69, 9.17) is 25.8 Å². The van der Waals surface area contributed by atoms with Gasteiger partial charge in [-0.2, -0.15) is 0 Å². The van der Waals surface area contributed by atoms with Gasteiger partial charge >= 0.3 is 0 Å². The Kier molecular flexibility index (Phi) is 9.64. The van der Waals surface area contributed by atoms with Crippen LogP contribution in [0, 0.1) is 6.92 Å². The Labute approximate surface area is 246 Å². The van der Waals surface area contributed by atoms with Crippen LogP contribution in [0.25, 0.3) is 6.08 Å². The third-order valence-corrected chi connectivity index (χ3v) is 7.98. The van der Waals surface area contributed by atoms with E-state index in [2.05, 4.69) is 35.8 Å². The topological polar surface area (TPSA) is 65.1 Å². The molecule has 0 N–H and O–H groups in total.